The molecule has 0 saturated heterocycles. The highest BCUT2D eigenvalue weighted by atomic mass is 79.9. The lowest BCUT2D eigenvalue weighted by molar-refractivity contribution is -0.136. The van der Waals surface area contributed by atoms with Crippen molar-refractivity contribution in [1.29, 1.82) is 0 Å². The van der Waals surface area contributed by atoms with Crippen LogP contribution < -0.4 is 9.47 Å². The van der Waals surface area contributed by atoms with E-state index in [2.05, 4.69) is 15.9 Å². The Bertz CT molecular complexity index is 1000. The molecule has 0 aromatic heterocycles. The first-order valence-electron chi connectivity index (χ1n) is 9.52. The van der Waals surface area contributed by atoms with Gasteiger partial charge in [-0.25, -0.2) is 9.59 Å². The van der Waals surface area contributed by atoms with Gasteiger partial charge in [-0.05, 0) is 69.9 Å². The van der Waals surface area contributed by atoms with Crippen LogP contribution in [0.3, 0.4) is 0 Å². The molecule has 0 amide bonds. The monoisotopic (exact) mass is 468 g/mol. The Kier molecular flexibility index (Phi) is 7.63. The van der Waals surface area contributed by atoms with Gasteiger partial charge in [0.1, 0.15) is 11.5 Å². The van der Waals surface area contributed by atoms with E-state index >= 15 is 0 Å². The number of hydrogen-bond donors (Lipinski definition) is 0. The highest BCUT2D eigenvalue weighted by molar-refractivity contribution is 9.10. The van der Waals surface area contributed by atoms with Crippen LogP contribution in [-0.2, 0) is 9.53 Å². The summed E-state index contributed by atoms with van der Waals surface area (Å²) in [6, 6.07) is 21.8. The van der Waals surface area contributed by atoms with E-state index in [1.807, 2.05) is 49.4 Å². The number of carbonyl (C=O) groups is 2. The summed E-state index contributed by atoms with van der Waals surface area (Å²) in [4.78, 5) is 23.9. The molecule has 0 radical (unpaired) electrons. The van der Waals surface area contributed by atoms with Crippen LogP contribution in [-0.4, -0.2) is 25.2 Å². The molecule has 0 saturated carbocycles. The SMILES string of the molecule is CCCOC(=O)c1ccc(OC(=O)COc2ccc(-c3ccccc3)cc2Br)cc1. The highest BCUT2D eigenvalue weighted by Gasteiger charge is 2.11. The average molecular weight is 469 g/mol. The molecule has 0 spiro atoms. The zero-order valence-corrected chi connectivity index (χ0v) is 18.1. The van der Waals surface area contributed by atoms with Crippen molar-refractivity contribution < 1.29 is 23.8 Å². The van der Waals surface area contributed by atoms with Crippen LogP contribution in [0.25, 0.3) is 11.1 Å². The van der Waals surface area contributed by atoms with Gasteiger partial charge in [-0.2, -0.15) is 0 Å². The van der Waals surface area contributed by atoms with Gasteiger partial charge in [-0.15, -0.1) is 0 Å². The molecule has 0 N–H and O–H groups in total. The Morgan fingerprint density at radius 1 is 0.900 bits per heavy atom. The Hall–Kier alpha value is -3.12. The van der Waals surface area contributed by atoms with Gasteiger partial charge in [-0.1, -0.05) is 43.3 Å². The molecule has 0 atom stereocenters. The van der Waals surface area contributed by atoms with Crippen LogP contribution in [0, 0.1) is 0 Å². The molecule has 0 aliphatic rings. The summed E-state index contributed by atoms with van der Waals surface area (Å²) in [5.74, 6) is -0.0769. The third kappa shape index (κ3) is 5.94. The molecule has 3 aromatic carbocycles. The molecule has 6 heteroatoms. The van der Waals surface area contributed by atoms with Crippen molar-refractivity contribution in [2.75, 3.05) is 13.2 Å². The maximum atomic E-state index is 12.1. The predicted octanol–water partition coefficient (Wildman–Crippen LogP) is 5.67. The van der Waals surface area contributed by atoms with Crippen LogP contribution >= 0.6 is 15.9 Å². The van der Waals surface area contributed by atoms with E-state index in [4.69, 9.17) is 14.2 Å². The van der Waals surface area contributed by atoms with Crippen LogP contribution in [0.2, 0.25) is 0 Å². The van der Waals surface area contributed by atoms with E-state index in [9.17, 15) is 9.59 Å². The maximum Gasteiger partial charge on any atom is 0.349 e. The average Bonchev–Trinajstić information content (AvgIpc) is 2.77. The molecule has 0 aliphatic heterocycles. The number of ether oxygens (including phenoxy) is 3. The Morgan fingerprint density at radius 3 is 2.30 bits per heavy atom. The van der Waals surface area contributed by atoms with E-state index in [-0.39, 0.29) is 6.61 Å². The van der Waals surface area contributed by atoms with Crippen molar-refractivity contribution in [1.82, 2.24) is 0 Å². The second kappa shape index (κ2) is 10.6. The topological polar surface area (TPSA) is 61.8 Å². The second-order valence-corrected chi connectivity index (χ2v) is 7.29. The summed E-state index contributed by atoms with van der Waals surface area (Å²) in [5.41, 5.74) is 2.53. The zero-order chi connectivity index (χ0) is 21.3. The number of halogens is 1. The molecule has 30 heavy (non-hydrogen) atoms. The summed E-state index contributed by atoms with van der Waals surface area (Å²) in [6.45, 7) is 2.05. The molecule has 0 unspecified atom stereocenters. The number of hydrogen-bond acceptors (Lipinski definition) is 5. The molecular weight excluding hydrogens is 448 g/mol. The quantitative estimate of drug-likeness (QED) is 0.315. The van der Waals surface area contributed by atoms with Crippen molar-refractivity contribution in [2.24, 2.45) is 0 Å². The zero-order valence-electron chi connectivity index (χ0n) is 16.5. The lowest BCUT2D eigenvalue weighted by Gasteiger charge is -2.10. The van der Waals surface area contributed by atoms with Gasteiger partial charge in [0.2, 0.25) is 0 Å². The fraction of sp³-hybridized carbons (Fsp3) is 0.167. The van der Waals surface area contributed by atoms with Gasteiger partial charge < -0.3 is 14.2 Å². The first-order chi connectivity index (χ1) is 14.6. The number of rotatable bonds is 8. The van der Waals surface area contributed by atoms with Gasteiger partial charge >= 0.3 is 11.9 Å². The minimum Gasteiger partial charge on any atom is -0.481 e. The number of benzene rings is 3. The van der Waals surface area contributed by atoms with E-state index in [0.717, 1.165) is 22.0 Å². The summed E-state index contributed by atoms with van der Waals surface area (Å²) < 4.78 is 16.6. The fourth-order valence-electron chi connectivity index (χ4n) is 2.66. The Balaban J connectivity index is 1.54. The normalized spacial score (nSPS) is 10.3. The number of esters is 2. The van der Waals surface area contributed by atoms with E-state index in [1.165, 1.54) is 0 Å². The van der Waals surface area contributed by atoms with E-state index < -0.39 is 11.9 Å². The molecule has 0 aliphatic carbocycles. The van der Waals surface area contributed by atoms with E-state index in [1.54, 1.807) is 30.3 Å². The molecule has 0 heterocycles. The maximum absolute atomic E-state index is 12.1. The fourth-order valence-corrected chi connectivity index (χ4v) is 3.16. The van der Waals surface area contributed by atoms with Gasteiger partial charge in [0, 0.05) is 0 Å². The summed E-state index contributed by atoms with van der Waals surface area (Å²) >= 11 is 3.48. The van der Waals surface area contributed by atoms with Gasteiger partial charge in [0.05, 0.1) is 16.6 Å². The van der Waals surface area contributed by atoms with Crippen LogP contribution in [0.15, 0.2) is 77.3 Å². The highest BCUT2D eigenvalue weighted by Crippen LogP contribution is 2.30. The predicted molar refractivity (Wildman–Crippen MR) is 118 cm³/mol. The van der Waals surface area contributed by atoms with Gasteiger partial charge in [-0.3, -0.25) is 0 Å². The third-order valence-electron chi connectivity index (χ3n) is 4.14. The lowest BCUT2D eigenvalue weighted by Crippen LogP contribution is -2.18. The molecule has 3 aromatic rings. The smallest absolute Gasteiger partial charge is 0.349 e. The number of carbonyl (C=O) groups excluding carboxylic acids is 2. The van der Waals surface area contributed by atoms with Crippen molar-refractivity contribution in [3.05, 3.63) is 82.8 Å². The first kappa shape index (κ1) is 21.6. The third-order valence-corrected chi connectivity index (χ3v) is 4.76. The van der Waals surface area contributed by atoms with Crippen molar-refractivity contribution in [3.8, 4) is 22.6 Å². The minimum absolute atomic E-state index is 0.246. The molecular formula is C24H21BrO5. The van der Waals surface area contributed by atoms with Gasteiger partial charge in [0.15, 0.2) is 6.61 Å². The van der Waals surface area contributed by atoms with Gasteiger partial charge in [0.25, 0.3) is 0 Å². The minimum atomic E-state index is -0.546. The second-order valence-electron chi connectivity index (χ2n) is 6.43. The van der Waals surface area contributed by atoms with E-state index in [0.29, 0.717) is 23.7 Å². The molecule has 0 fully saturated rings. The lowest BCUT2D eigenvalue weighted by atomic mass is 10.1. The largest absolute Gasteiger partial charge is 0.481 e. The molecule has 154 valence electrons. The van der Waals surface area contributed by atoms with Crippen molar-refractivity contribution in [3.63, 3.8) is 0 Å². The summed E-state index contributed by atoms with van der Waals surface area (Å²) in [5, 5.41) is 0. The van der Waals surface area contributed by atoms with Crippen LogP contribution in [0.5, 0.6) is 11.5 Å². The summed E-state index contributed by atoms with van der Waals surface area (Å²) in [6.07, 6.45) is 0.756. The van der Waals surface area contributed by atoms with Crippen LogP contribution in [0.1, 0.15) is 23.7 Å². The van der Waals surface area contributed by atoms with Crippen molar-refractivity contribution >= 4 is 27.9 Å². The molecule has 5 nitrogen and oxygen atoms in total. The standard InChI is InChI=1S/C24H21BrO5/c1-2-14-28-24(27)18-8-11-20(12-9-18)30-23(26)16-29-22-13-10-19(15-21(22)25)17-6-4-3-5-7-17/h3-13,15H,2,14,16H2,1H3. The first-order valence-corrected chi connectivity index (χ1v) is 10.3. The van der Waals surface area contributed by atoms with Crippen molar-refractivity contribution in [2.45, 2.75) is 13.3 Å². The molecule has 0 bridgehead atoms. The summed E-state index contributed by atoms with van der Waals surface area (Å²) in [7, 11) is 0. The van der Waals surface area contributed by atoms with Crippen LogP contribution in [0.4, 0.5) is 0 Å². The molecule has 3 rings (SSSR count). The Morgan fingerprint density at radius 2 is 1.63 bits per heavy atom. The Labute approximate surface area is 183 Å².